The minimum Gasteiger partial charge on any atom is -0.462 e. The van der Waals surface area contributed by atoms with E-state index in [1.54, 1.807) is 12.1 Å². The van der Waals surface area contributed by atoms with Gasteiger partial charge in [0.1, 0.15) is 0 Å². The lowest BCUT2D eigenvalue weighted by Crippen LogP contribution is -2.09. The van der Waals surface area contributed by atoms with E-state index in [0.717, 1.165) is 16.8 Å². The summed E-state index contributed by atoms with van der Waals surface area (Å²) in [4.78, 5) is 11.9. The number of carbonyl (C=O) groups excluding carboxylic acids is 1. The second kappa shape index (κ2) is 9.24. The number of halogens is 1. The summed E-state index contributed by atoms with van der Waals surface area (Å²) >= 11 is 3.36. The van der Waals surface area contributed by atoms with E-state index in [-0.39, 0.29) is 5.97 Å². The standard InChI is InChI=1S/C18H25BrO2/c19-17-12-10-16(11-13-17)18(20)21-14-6-9-15-7-4-2-1-3-5-8-15/h10-13,15H,1-9,14H2. The lowest BCUT2D eigenvalue weighted by atomic mass is 9.88. The average Bonchev–Trinajstić information content (AvgIpc) is 2.45. The Labute approximate surface area is 136 Å². The van der Waals surface area contributed by atoms with Crippen LogP contribution in [0.15, 0.2) is 28.7 Å². The SMILES string of the molecule is O=C(OCCCC1CCCCCCC1)c1ccc(Br)cc1. The van der Waals surface area contributed by atoms with Gasteiger partial charge in [0.2, 0.25) is 0 Å². The van der Waals surface area contributed by atoms with Crippen LogP contribution in [-0.2, 0) is 4.74 Å². The van der Waals surface area contributed by atoms with Crippen LogP contribution in [0.1, 0.15) is 68.1 Å². The molecule has 0 bridgehead atoms. The zero-order valence-corrected chi connectivity index (χ0v) is 14.2. The molecule has 0 unspecified atom stereocenters. The van der Waals surface area contributed by atoms with Crippen LogP contribution < -0.4 is 0 Å². The highest BCUT2D eigenvalue weighted by molar-refractivity contribution is 9.10. The smallest absolute Gasteiger partial charge is 0.338 e. The van der Waals surface area contributed by atoms with Gasteiger partial charge in [-0.15, -0.1) is 0 Å². The van der Waals surface area contributed by atoms with E-state index in [9.17, 15) is 4.79 Å². The van der Waals surface area contributed by atoms with Gasteiger partial charge in [-0.2, -0.15) is 0 Å². The van der Waals surface area contributed by atoms with Crippen LogP contribution in [0.3, 0.4) is 0 Å². The Morgan fingerprint density at radius 2 is 1.67 bits per heavy atom. The molecule has 2 rings (SSSR count). The van der Waals surface area contributed by atoms with Gasteiger partial charge in [0.15, 0.2) is 0 Å². The molecule has 0 atom stereocenters. The van der Waals surface area contributed by atoms with E-state index in [1.807, 2.05) is 12.1 Å². The first-order chi connectivity index (χ1) is 10.3. The molecule has 0 heterocycles. The van der Waals surface area contributed by atoms with E-state index in [0.29, 0.717) is 12.2 Å². The minimum absolute atomic E-state index is 0.208. The summed E-state index contributed by atoms with van der Waals surface area (Å²) in [5.74, 6) is 0.636. The van der Waals surface area contributed by atoms with Crippen molar-refractivity contribution in [2.75, 3.05) is 6.61 Å². The van der Waals surface area contributed by atoms with Gasteiger partial charge < -0.3 is 4.74 Å². The fraction of sp³-hybridized carbons (Fsp3) is 0.611. The third-order valence-electron chi connectivity index (χ3n) is 4.29. The first kappa shape index (κ1) is 16.5. The molecule has 0 saturated heterocycles. The summed E-state index contributed by atoms with van der Waals surface area (Å²) in [5, 5.41) is 0. The lowest BCUT2D eigenvalue weighted by Gasteiger charge is -2.19. The zero-order chi connectivity index (χ0) is 14.9. The molecule has 2 nitrogen and oxygen atoms in total. The molecule has 0 radical (unpaired) electrons. The molecular weight excluding hydrogens is 328 g/mol. The molecule has 0 amide bonds. The van der Waals surface area contributed by atoms with Crippen molar-refractivity contribution in [3.63, 3.8) is 0 Å². The number of ether oxygens (including phenoxy) is 1. The molecule has 1 aliphatic carbocycles. The van der Waals surface area contributed by atoms with Crippen LogP contribution >= 0.6 is 15.9 Å². The van der Waals surface area contributed by atoms with Crippen molar-refractivity contribution in [1.29, 1.82) is 0 Å². The van der Waals surface area contributed by atoms with E-state index < -0.39 is 0 Å². The predicted octanol–water partition coefficient (Wildman–Crippen LogP) is 5.75. The maximum absolute atomic E-state index is 11.9. The predicted molar refractivity (Wildman–Crippen MR) is 89.5 cm³/mol. The highest BCUT2D eigenvalue weighted by Crippen LogP contribution is 2.25. The number of benzene rings is 1. The van der Waals surface area contributed by atoms with Gasteiger partial charge >= 0.3 is 5.97 Å². The molecule has 116 valence electrons. The van der Waals surface area contributed by atoms with Crippen molar-refractivity contribution in [2.24, 2.45) is 5.92 Å². The Morgan fingerprint density at radius 3 is 2.33 bits per heavy atom. The lowest BCUT2D eigenvalue weighted by molar-refractivity contribution is 0.0492. The summed E-state index contributed by atoms with van der Waals surface area (Å²) in [7, 11) is 0. The molecule has 0 aromatic heterocycles. The van der Waals surface area contributed by atoms with Crippen molar-refractivity contribution < 1.29 is 9.53 Å². The second-order valence-corrected chi connectivity index (χ2v) is 6.91. The maximum Gasteiger partial charge on any atom is 0.338 e. The van der Waals surface area contributed by atoms with E-state index in [2.05, 4.69) is 15.9 Å². The summed E-state index contributed by atoms with van der Waals surface area (Å²) < 4.78 is 6.34. The zero-order valence-electron chi connectivity index (χ0n) is 12.7. The fourth-order valence-corrected chi connectivity index (χ4v) is 3.30. The van der Waals surface area contributed by atoms with Crippen LogP contribution in [0.25, 0.3) is 0 Å². The molecule has 0 spiro atoms. The van der Waals surface area contributed by atoms with Gasteiger partial charge in [0.25, 0.3) is 0 Å². The van der Waals surface area contributed by atoms with Crippen molar-refractivity contribution in [2.45, 2.75) is 57.8 Å². The Morgan fingerprint density at radius 1 is 1.05 bits per heavy atom. The molecule has 1 aliphatic rings. The quantitative estimate of drug-likeness (QED) is 0.498. The number of esters is 1. The molecule has 1 fully saturated rings. The van der Waals surface area contributed by atoms with Gasteiger partial charge in [-0.05, 0) is 43.0 Å². The van der Waals surface area contributed by atoms with Gasteiger partial charge in [-0.1, -0.05) is 60.9 Å². The Balaban J connectivity index is 1.64. The first-order valence-electron chi connectivity index (χ1n) is 8.18. The van der Waals surface area contributed by atoms with Crippen molar-refractivity contribution in [3.05, 3.63) is 34.3 Å². The first-order valence-corrected chi connectivity index (χ1v) is 8.98. The number of carbonyl (C=O) groups is 1. The van der Waals surface area contributed by atoms with Crippen molar-refractivity contribution in [3.8, 4) is 0 Å². The molecule has 1 aromatic carbocycles. The maximum atomic E-state index is 11.9. The molecule has 3 heteroatoms. The van der Waals surface area contributed by atoms with Crippen molar-refractivity contribution >= 4 is 21.9 Å². The number of hydrogen-bond acceptors (Lipinski definition) is 2. The Bertz CT molecular complexity index is 419. The molecule has 0 aliphatic heterocycles. The highest BCUT2D eigenvalue weighted by atomic mass is 79.9. The number of rotatable bonds is 5. The fourth-order valence-electron chi connectivity index (χ4n) is 3.04. The van der Waals surface area contributed by atoms with Crippen LogP contribution in [0.2, 0.25) is 0 Å². The summed E-state index contributed by atoms with van der Waals surface area (Å²) in [5.41, 5.74) is 0.629. The monoisotopic (exact) mass is 352 g/mol. The van der Waals surface area contributed by atoms with Crippen LogP contribution in [0.5, 0.6) is 0 Å². The van der Waals surface area contributed by atoms with Crippen LogP contribution in [0.4, 0.5) is 0 Å². The van der Waals surface area contributed by atoms with Gasteiger partial charge in [-0.3, -0.25) is 0 Å². The molecule has 21 heavy (non-hydrogen) atoms. The molecule has 1 saturated carbocycles. The molecular formula is C18H25BrO2. The minimum atomic E-state index is -0.208. The highest BCUT2D eigenvalue weighted by Gasteiger charge is 2.12. The third kappa shape index (κ3) is 6.21. The Kier molecular flexibility index (Phi) is 7.28. The largest absolute Gasteiger partial charge is 0.462 e. The molecule has 0 N–H and O–H groups in total. The van der Waals surface area contributed by atoms with Crippen LogP contribution in [-0.4, -0.2) is 12.6 Å². The summed E-state index contributed by atoms with van der Waals surface area (Å²) in [6.45, 7) is 0.547. The van der Waals surface area contributed by atoms with Crippen molar-refractivity contribution in [1.82, 2.24) is 0 Å². The topological polar surface area (TPSA) is 26.3 Å². The van der Waals surface area contributed by atoms with Gasteiger partial charge in [0.05, 0.1) is 12.2 Å². The second-order valence-electron chi connectivity index (χ2n) is 6.00. The average molecular weight is 353 g/mol. The normalized spacial score (nSPS) is 17.0. The van der Waals surface area contributed by atoms with E-state index in [4.69, 9.17) is 4.74 Å². The van der Waals surface area contributed by atoms with Crippen LogP contribution in [0, 0.1) is 5.92 Å². The van der Waals surface area contributed by atoms with E-state index in [1.165, 1.54) is 51.4 Å². The van der Waals surface area contributed by atoms with E-state index >= 15 is 0 Å². The third-order valence-corrected chi connectivity index (χ3v) is 4.82. The Hall–Kier alpha value is -0.830. The number of hydrogen-bond donors (Lipinski definition) is 0. The summed E-state index contributed by atoms with van der Waals surface area (Å²) in [6.07, 6.45) is 11.9. The summed E-state index contributed by atoms with van der Waals surface area (Å²) in [6, 6.07) is 7.32. The molecule has 1 aromatic rings. The van der Waals surface area contributed by atoms with Gasteiger partial charge in [0, 0.05) is 4.47 Å². The van der Waals surface area contributed by atoms with Gasteiger partial charge in [-0.25, -0.2) is 4.79 Å².